The molecular weight excluding hydrogens is 464 g/mol. The van der Waals surface area contributed by atoms with E-state index in [1.165, 1.54) is 11.8 Å². The third-order valence-corrected chi connectivity index (χ3v) is 5.68. The first-order valence-electron chi connectivity index (χ1n) is 9.09. The van der Waals surface area contributed by atoms with Crippen molar-refractivity contribution in [2.45, 2.75) is 17.8 Å². The molecule has 0 aliphatic rings. The van der Waals surface area contributed by atoms with Gasteiger partial charge in [0.2, 0.25) is 0 Å². The minimum atomic E-state index is -0.313. The quantitative estimate of drug-likeness (QED) is 0.318. The Morgan fingerprint density at radius 3 is 2.60 bits per heavy atom. The lowest BCUT2D eigenvalue weighted by atomic mass is 10.2. The first kappa shape index (κ1) is 20.2. The predicted molar refractivity (Wildman–Crippen MR) is 120 cm³/mol. The number of nitrogens with one attached hydrogen (secondary N) is 1. The summed E-state index contributed by atoms with van der Waals surface area (Å²) in [5.41, 5.74) is 3.44. The summed E-state index contributed by atoms with van der Waals surface area (Å²) in [4.78, 5) is 21.5. The van der Waals surface area contributed by atoms with Gasteiger partial charge in [0.15, 0.2) is 10.9 Å². The van der Waals surface area contributed by atoms with Crippen LogP contribution in [0.4, 0.5) is 5.69 Å². The Kier molecular flexibility index (Phi) is 6.20. The normalized spacial score (nSPS) is 10.7. The number of aryl methyl sites for hydroxylation is 1. The van der Waals surface area contributed by atoms with Crippen LogP contribution in [0.2, 0.25) is 0 Å². The van der Waals surface area contributed by atoms with Gasteiger partial charge in [-0.1, -0.05) is 51.1 Å². The van der Waals surface area contributed by atoms with E-state index in [1.54, 1.807) is 23.1 Å². The van der Waals surface area contributed by atoms with E-state index in [1.807, 2.05) is 55.5 Å². The fourth-order valence-corrected chi connectivity index (χ4v) is 4.10. The second-order valence-corrected chi connectivity index (χ2v) is 8.22. The van der Waals surface area contributed by atoms with Crippen molar-refractivity contribution in [1.29, 1.82) is 0 Å². The van der Waals surface area contributed by atoms with Crippen molar-refractivity contribution in [1.82, 2.24) is 25.0 Å². The molecule has 0 spiro atoms. The van der Waals surface area contributed by atoms with Gasteiger partial charge in [-0.25, -0.2) is 14.6 Å². The summed E-state index contributed by atoms with van der Waals surface area (Å²) in [5, 5.41) is 12.0. The summed E-state index contributed by atoms with van der Waals surface area (Å²) in [6.45, 7) is 1.94. The van der Waals surface area contributed by atoms with E-state index >= 15 is 0 Å². The third-order valence-electron chi connectivity index (χ3n) is 4.30. The molecule has 0 atom stereocenters. The lowest BCUT2D eigenvalue weighted by Crippen LogP contribution is -2.16. The fraction of sp³-hybridized carbons (Fsp3) is 0.0952. The largest absolute Gasteiger partial charge is 0.320 e. The molecule has 150 valence electrons. The predicted octanol–water partition coefficient (Wildman–Crippen LogP) is 4.67. The zero-order valence-corrected chi connectivity index (χ0v) is 18.4. The second kappa shape index (κ2) is 9.19. The number of carbonyl (C=O) groups excluding carboxylic acids is 1. The van der Waals surface area contributed by atoms with Crippen molar-refractivity contribution in [3.63, 3.8) is 0 Å². The van der Waals surface area contributed by atoms with Gasteiger partial charge in [-0.05, 0) is 48.9 Å². The van der Waals surface area contributed by atoms with E-state index < -0.39 is 0 Å². The number of nitrogens with zero attached hydrogens (tertiary/aromatic N) is 5. The van der Waals surface area contributed by atoms with E-state index in [0.717, 1.165) is 21.4 Å². The number of aromatic nitrogens is 5. The molecule has 2 heterocycles. The van der Waals surface area contributed by atoms with Crippen LogP contribution in [0.25, 0.3) is 5.69 Å². The molecule has 9 heteroatoms. The highest BCUT2D eigenvalue weighted by molar-refractivity contribution is 9.10. The fourth-order valence-electron chi connectivity index (χ4n) is 2.83. The molecule has 0 saturated carbocycles. The van der Waals surface area contributed by atoms with E-state index in [0.29, 0.717) is 16.6 Å². The molecule has 30 heavy (non-hydrogen) atoms. The highest BCUT2D eigenvalue weighted by Gasteiger charge is 2.22. The molecule has 1 amide bonds. The lowest BCUT2D eigenvalue weighted by molar-refractivity contribution is 0.102. The average Bonchev–Trinajstić information content (AvgIpc) is 3.19. The number of anilines is 1. The van der Waals surface area contributed by atoms with Crippen molar-refractivity contribution < 1.29 is 4.79 Å². The summed E-state index contributed by atoms with van der Waals surface area (Å²) < 4.78 is 2.63. The second-order valence-electron chi connectivity index (χ2n) is 6.37. The van der Waals surface area contributed by atoms with Gasteiger partial charge in [0.25, 0.3) is 5.91 Å². The minimum Gasteiger partial charge on any atom is -0.320 e. The molecule has 2 aromatic carbocycles. The maximum absolute atomic E-state index is 13.0. The van der Waals surface area contributed by atoms with Crippen molar-refractivity contribution in [2.75, 3.05) is 5.32 Å². The van der Waals surface area contributed by atoms with Crippen molar-refractivity contribution in [3.8, 4) is 5.69 Å². The van der Waals surface area contributed by atoms with Crippen molar-refractivity contribution in [3.05, 3.63) is 88.4 Å². The van der Waals surface area contributed by atoms with Gasteiger partial charge in [-0.15, -0.1) is 5.10 Å². The minimum absolute atomic E-state index is 0.268. The van der Waals surface area contributed by atoms with Gasteiger partial charge in [0, 0.05) is 28.3 Å². The summed E-state index contributed by atoms with van der Waals surface area (Å²) in [5.74, 6) is 0.126. The van der Waals surface area contributed by atoms with Crippen LogP contribution >= 0.6 is 27.7 Å². The Morgan fingerprint density at radius 1 is 1.10 bits per heavy atom. The zero-order chi connectivity index (χ0) is 20.9. The number of halogens is 1. The molecule has 0 radical (unpaired) electrons. The monoisotopic (exact) mass is 480 g/mol. The highest BCUT2D eigenvalue weighted by Crippen LogP contribution is 2.25. The van der Waals surface area contributed by atoms with Crippen LogP contribution < -0.4 is 5.32 Å². The Morgan fingerprint density at radius 2 is 1.87 bits per heavy atom. The number of rotatable bonds is 6. The standard InChI is InChI=1S/C21H17BrN6OS/c1-14-12-15(22)8-9-17(14)25-20(29)19-18(13-30-21-23-10-5-11-24-21)28(27-26-19)16-6-3-2-4-7-16/h2-12H,13H2,1H3,(H,25,29). The number of para-hydroxylation sites is 1. The van der Waals surface area contributed by atoms with Gasteiger partial charge >= 0.3 is 0 Å². The van der Waals surface area contributed by atoms with E-state index in [-0.39, 0.29) is 11.6 Å². The summed E-state index contributed by atoms with van der Waals surface area (Å²) >= 11 is 4.86. The molecule has 0 aliphatic heterocycles. The zero-order valence-electron chi connectivity index (χ0n) is 16.0. The van der Waals surface area contributed by atoms with E-state index in [4.69, 9.17) is 0 Å². The number of carbonyl (C=O) groups is 1. The van der Waals surface area contributed by atoms with Crippen LogP contribution in [0.3, 0.4) is 0 Å². The number of thioether (sulfide) groups is 1. The van der Waals surface area contributed by atoms with Crippen LogP contribution in [-0.2, 0) is 5.75 Å². The Balaban J connectivity index is 1.66. The number of hydrogen-bond acceptors (Lipinski definition) is 6. The van der Waals surface area contributed by atoms with Crippen LogP contribution in [0.1, 0.15) is 21.7 Å². The van der Waals surface area contributed by atoms with Gasteiger partial charge < -0.3 is 5.32 Å². The lowest BCUT2D eigenvalue weighted by Gasteiger charge is -2.10. The van der Waals surface area contributed by atoms with Gasteiger partial charge in [0.05, 0.1) is 11.4 Å². The maximum atomic E-state index is 13.0. The summed E-state index contributed by atoms with van der Waals surface area (Å²) in [6, 6.07) is 17.0. The van der Waals surface area contributed by atoms with Crippen LogP contribution in [0, 0.1) is 6.92 Å². The van der Waals surface area contributed by atoms with Gasteiger partial charge in [-0.2, -0.15) is 0 Å². The number of amides is 1. The van der Waals surface area contributed by atoms with Crippen molar-refractivity contribution in [2.24, 2.45) is 0 Å². The van der Waals surface area contributed by atoms with Crippen LogP contribution in [-0.4, -0.2) is 30.9 Å². The maximum Gasteiger partial charge on any atom is 0.278 e. The molecule has 0 aliphatic carbocycles. The number of hydrogen-bond donors (Lipinski definition) is 1. The van der Waals surface area contributed by atoms with Crippen LogP contribution in [0.15, 0.2) is 76.6 Å². The van der Waals surface area contributed by atoms with Crippen molar-refractivity contribution >= 4 is 39.3 Å². The smallest absolute Gasteiger partial charge is 0.278 e. The van der Waals surface area contributed by atoms with E-state index in [9.17, 15) is 4.79 Å². The SMILES string of the molecule is Cc1cc(Br)ccc1NC(=O)c1nnn(-c2ccccc2)c1CSc1ncccn1. The molecule has 0 saturated heterocycles. The summed E-state index contributed by atoms with van der Waals surface area (Å²) in [7, 11) is 0. The van der Waals surface area contributed by atoms with Gasteiger partial charge in [-0.3, -0.25) is 4.79 Å². The molecule has 4 rings (SSSR count). The Labute approximate surface area is 186 Å². The van der Waals surface area contributed by atoms with E-state index in [2.05, 4.69) is 41.5 Å². The molecular formula is C21H17BrN6OS. The summed E-state index contributed by atoms with van der Waals surface area (Å²) in [6.07, 6.45) is 3.37. The molecule has 0 unspecified atom stereocenters. The first-order valence-corrected chi connectivity index (χ1v) is 10.9. The molecule has 0 fully saturated rings. The molecule has 2 aromatic heterocycles. The van der Waals surface area contributed by atoms with Gasteiger partial charge in [0.1, 0.15) is 0 Å². The number of benzene rings is 2. The Hall–Kier alpha value is -3.04. The Bertz CT molecular complexity index is 1170. The first-order chi connectivity index (χ1) is 14.6. The van der Waals surface area contributed by atoms with Crippen LogP contribution in [0.5, 0.6) is 0 Å². The molecule has 7 nitrogen and oxygen atoms in total. The third kappa shape index (κ3) is 4.58. The topological polar surface area (TPSA) is 85.6 Å². The highest BCUT2D eigenvalue weighted by atomic mass is 79.9. The molecule has 4 aromatic rings. The molecule has 0 bridgehead atoms. The molecule has 1 N–H and O–H groups in total. The average molecular weight is 481 g/mol.